The van der Waals surface area contributed by atoms with E-state index in [1.165, 1.54) is 50.5 Å². The van der Waals surface area contributed by atoms with Gasteiger partial charge >= 0.3 is 34.9 Å². The molecule has 0 unspecified atom stereocenters. The summed E-state index contributed by atoms with van der Waals surface area (Å²) in [4.78, 5) is 42.8. The summed E-state index contributed by atoms with van der Waals surface area (Å²) in [5.41, 5.74) is 0. The Balaban J connectivity index is 3.56. The fraction of sp³-hybridized carbons (Fsp3) is 0.500. The van der Waals surface area contributed by atoms with Gasteiger partial charge in [0.05, 0.1) is 0 Å². The summed E-state index contributed by atoms with van der Waals surface area (Å²) in [6.07, 6.45) is 5.19. The van der Waals surface area contributed by atoms with Crippen molar-refractivity contribution < 1.29 is 35.6 Å². The maximum atomic E-state index is 10.7. The van der Waals surface area contributed by atoms with Crippen LogP contribution in [0.15, 0.2) is 18.6 Å². The third-order valence-corrected chi connectivity index (χ3v) is 16.6. The lowest BCUT2D eigenvalue weighted by Crippen LogP contribution is -2.66. The zero-order valence-corrected chi connectivity index (χ0v) is 17.1. The molecule has 0 N–H and O–H groups in total. The number of hydrogen-bond donors (Lipinski definition) is 0. The molecule has 0 aromatic heterocycles. The van der Waals surface area contributed by atoms with Crippen LogP contribution in [0.5, 0.6) is 0 Å². The molecule has 1 aliphatic heterocycles. The quantitative estimate of drug-likeness (QED) is 0.351. The van der Waals surface area contributed by atoms with Gasteiger partial charge in [-0.05, 0) is 0 Å². The largest absolute Gasteiger partial charge is 0.470 e. The van der Waals surface area contributed by atoms with Crippen LogP contribution >= 0.6 is 0 Å². The van der Waals surface area contributed by atoms with E-state index in [-0.39, 0.29) is 0 Å². The summed E-state index contributed by atoms with van der Waals surface area (Å²) >= 11 is 0. The zero-order chi connectivity index (χ0) is 18.5. The molecule has 0 radical (unpaired) electrons. The van der Waals surface area contributed by atoms with Crippen LogP contribution in [0.2, 0.25) is 26.2 Å². The molecule has 0 aromatic rings. The first kappa shape index (κ1) is 20.3. The molecule has 1 heterocycles. The van der Waals surface area contributed by atoms with Crippen molar-refractivity contribution in [1.29, 1.82) is 0 Å². The smallest absolute Gasteiger partial charge is 0.380 e. The minimum atomic E-state index is -3.74. The first-order chi connectivity index (χ1) is 11.1. The Kier molecular flexibility index (Phi) is 6.26. The van der Waals surface area contributed by atoms with E-state index in [1.54, 1.807) is 0 Å². The van der Waals surface area contributed by atoms with Gasteiger partial charge in [0.2, 0.25) is 24.3 Å². The molecule has 12 nitrogen and oxygen atoms in total. The van der Waals surface area contributed by atoms with Crippen LogP contribution in [-0.4, -0.2) is 59.2 Å². The Hall–Kier alpha value is -1.77. The number of nitrogens with zero attached hydrogens (tertiary/aromatic N) is 4. The lowest BCUT2D eigenvalue weighted by atomic mass is 11.7. The molecule has 1 fully saturated rings. The molecule has 0 spiro atoms. The van der Waals surface area contributed by atoms with Crippen molar-refractivity contribution in [3.8, 4) is 0 Å². The van der Waals surface area contributed by atoms with Gasteiger partial charge in [0, 0.05) is 26.2 Å². The van der Waals surface area contributed by atoms with Crippen molar-refractivity contribution in [2.75, 3.05) is 0 Å². The van der Waals surface area contributed by atoms with Crippen LogP contribution in [-0.2, 0) is 35.6 Å². The van der Waals surface area contributed by atoms with Crippen molar-refractivity contribution in [3.05, 3.63) is 0 Å². The Bertz CT molecular complexity index is 579. The molecule has 128 valence electrons. The summed E-state index contributed by atoms with van der Waals surface area (Å²) in [7, 11) is -15.0. The fourth-order valence-corrected chi connectivity index (χ4v) is 17.5. The van der Waals surface area contributed by atoms with E-state index >= 15 is 0 Å². The number of isocyanates is 4. The fourth-order valence-electron chi connectivity index (χ4n) is 2.00. The average molecular weight is 405 g/mol. The van der Waals surface area contributed by atoms with Crippen molar-refractivity contribution in [2.24, 2.45) is 18.6 Å². The highest BCUT2D eigenvalue weighted by atomic mass is 28.5. The van der Waals surface area contributed by atoms with E-state index in [2.05, 4.69) is 18.6 Å². The lowest BCUT2D eigenvalue weighted by molar-refractivity contribution is 0.227. The van der Waals surface area contributed by atoms with Gasteiger partial charge in [-0.3, -0.25) is 0 Å². The predicted molar refractivity (Wildman–Crippen MR) is 83.3 cm³/mol. The summed E-state index contributed by atoms with van der Waals surface area (Å²) in [6.45, 7) is 5.31. The third kappa shape index (κ3) is 5.12. The Morgan fingerprint density at radius 2 is 0.667 bits per heavy atom. The highest BCUT2D eigenvalue weighted by Crippen LogP contribution is 2.32. The van der Waals surface area contributed by atoms with E-state index in [9.17, 15) is 19.2 Å². The van der Waals surface area contributed by atoms with Gasteiger partial charge in [-0.2, -0.15) is 18.6 Å². The van der Waals surface area contributed by atoms with Crippen molar-refractivity contribution in [3.63, 3.8) is 0 Å². The number of hydrogen-bond acceptors (Lipinski definition) is 12. The average Bonchev–Trinajstić information content (AvgIpc) is 2.35. The highest BCUT2D eigenvalue weighted by Gasteiger charge is 2.61. The topological polar surface area (TPSA) is 155 Å². The molecule has 16 heteroatoms. The van der Waals surface area contributed by atoms with E-state index in [4.69, 9.17) is 16.5 Å². The summed E-state index contributed by atoms with van der Waals surface area (Å²) in [5.74, 6) is 0. The SMILES string of the molecule is C[Si]1(N=C=O)O[Si](C)(N=C=O)O[Si](C)(N=C=O)O[Si](C)(N=C=O)O1. The maximum absolute atomic E-state index is 10.7. The van der Waals surface area contributed by atoms with E-state index in [0.717, 1.165) is 0 Å². The summed E-state index contributed by atoms with van der Waals surface area (Å²) < 4.78 is 36.4. The van der Waals surface area contributed by atoms with E-state index < -0.39 is 34.9 Å². The standard InChI is InChI=1S/C8H12N4O8Si4/c1-21(9-5-13)17-22(2,10-6-14)19-24(4,12-8-16)20-23(3,18-21)11-7-15/h1-4H3. The second kappa shape index (κ2) is 7.41. The number of carbonyl (C=O) groups excluding carboxylic acids is 4. The molecule has 1 saturated heterocycles. The van der Waals surface area contributed by atoms with Gasteiger partial charge in [-0.1, -0.05) is 0 Å². The van der Waals surface area contributed by atoms with Gasteiger partial charge < -0.3 is 16.5 Å². The van der Waals surface area contributed by atoms with E-state index in [0.29, 0.717) is 0 Å². The van der Waals surface area contributed by atoms with E-state index in [1.807, 2.05) is 0 Å². The number of rotatable bonds is 4. The minimum absolute atomic E-state index is 1.30. The molecular formula is C8H12N4O8Si4. The maximum Gasteiger partial charge on any atom is 0.470 e. The molecule has 0 bridgehead atoms. The molecule has 0 amide bonds. The molecule has 0 aliphatic carbocycles. The molecule has 1 rings (SSSR count). The highest BCUT2D eigenvalue weighted by molar-refractivity contribution is 6.92. The molecule has 24 heavy (non-hydrogen) atoms. The monoisotopic (exact) mass is 404 g/mol. The first-order valence-electron chi connectivity index (χ1n) is 6.24. The van der Waals surface area contributed by atoms with Gasteiger partial charge in [-0.15, -0.1) is 0 Å². The Morgan fingerprint density at radius 1 is 0.500 bits per heavy atom. The third-order valence-electron chi connectivity index (χ3n) is 2.51. The second-order valence-electron chi connectivity index (χ2n) is 4.81. The summed E-state index contributed by atoms with van der Waals surface area (Å²) in [6, 6.07) is 0. The Morgan fingerprint density at radius 3 is 0.792 bits per heavy atom. The zero-order valence-electron chi connectivity index (χ0n) is 13.1. The Labute approximate surface area is 140 Å². The van der Waals surface area contributed by atoms with Gasteiger partial charge in [0.25, 0.3) is 0 Å². The first-order valence-corrected chi connectivity index (χ1v) is 15.3. The predicted octanol–water partition coefficient (Wildman–Crippen LogP) is -0.316. The van der Waals surface area contributed by atoms with Gasteiger partial charge in [0.15, 0.2) is 0 Å². The van der Waals surface area contributed by atoms with Crippen LogP contribution in [0.25, 0.3) is 0 Å². The summed E-state index contributed by atoms with van der Waals surface area (Å²) in [5, 5.41) is 0. The van der Waals surface area contributed by atoms with Crippen LogP contribution < -0.4 is 0 Å². The molecule has 1 aliphatic rings. The molecule has 0 aromatic carbocycles. The van der Waals surface area contributed by atoms with Crippen molar-refractivity contribution >= 4 is 59.2 Å². The molecular weight excluding hydrogens is 392 g/mol. The lowest BCUT2D eigenvalue weighted by Gasteiger charge is -2.41. The van der Waals surface area contributed by atoms with Crippen molar-refractivity contribution in [2.45, 2.75) is 26.2 Å². The van der Waals surface area contributed by atoms with Gasteiger partial charge in [0.1, 0.15) is 0 Å². The van der Waals surface area contributed by atoms with Crippen LogP contribution in [0.4, 0.5) is 0 Å². The van der Waals surface area contributed by atoms with Crippen LogP contribution in [0, 0.1) is 0 Å². The van der Waals surface area contributed by atoms with Crippen LogP contribution in [0.1, 0.15) is 0 Å². The normalized spacial score (nSPS) is 38.8. The van der Waals surface area contributed by atoms with Gasteiger partial charge in [-0.25, -0.2) is 19.2 Å². The molecule has 0 saturated carbocycles. The minimum Gasteiger partial charge on any atom is -0.380 e. The van der Waals surface area contributed by atoms with Crippen molar-refractivity contribution in [1.82, 2.24) is 0 Å². The second-order valence-corrected chi connectivity index (χ2v) is 16.2. The molecule has 0 atom stereocenters. The van der Waals surface area contributed by atoms with Crippen LogP contribution in [0.3, 0.4) is 0 Å².